The number of halogens is 8. The second kappa shape index (κ2) is 9.45. The van der Waals surface area contributed by atoms with Gasteiger partial charge in [0.25, 0.3) is 0 Å². The highest BCUT2D eigenvalue weighted by Crippen LogP contribution is 2.42. The number of carbonyl (C=O) groups is 1. The predicted molar refractivity (Wildman–Crippen MR) is 112 cm³/mol. The van der Waals surface area contributed by atoms with E-state index in [1.54, 1.807) is 0 Å². The molecule has 1 N–H and O–H groups in total. The van der Waals surface area contributed by atoms with Gasteiger partial charge in [0.05, 0.1) is 0 Å². The SMILES string of the molecule is CC(C)N(C(=O)Oc1c(C(F)(F)F)cc(C(F)(F)F)nc1-n1cc[nH]c1=S)c1ccc(F)c(Cl)n1. The number of anilines is 1. The van der Waals surface area contributed by atoms with Crippen LogP contribution < -0.4 is 9.64 Å². The largest absolute Gasteiger partial charge is 0.433 e. The molecule has 0 unspecified atom stereocenters. The van der Waals surface area contributed by atoms with Crippen molar-refractivity contribution >= 4 is 35.7 Å². The average Bonchev–Trinajstić information content (AvgIpc) is 3.14. The van der Waals surface area contributed by atoms with E-state index in [-0.39, 0.29) is 16.7 Å². The van der Waals surface area contributed by atoms with Crippen LogP contribution in [-0.2, 0) is 12.4 Å². The molecule has 0 aromatic carbocycles. The number of nitrogens with zero attached hydrogens (tertiary/aromatic N) is 4. The summed E-state index contributed by atoms with van der Waals surface area (Å²) in [4.78, 5) is 23.0. The number of H-pyrrole nitrogens is 1. The molecular formula is C19H13ClF7N5O2S. The molecule has 3 rings (SSSR count). The van der Waals surface area contributed by atoms with Gasteiger partial charge < -0.3 is 9.72 Å². The number of nitrogens with one attached hydrogen (secondary N) is 1. The summed E-state index contributed by atoms with van der Waals surface area (Å²) in [7, 11) is 0. The normalized spacial score (nSPS) is 12.2. The Morgan fingerprint density at radius 2 is 1.83 bits per heavy atom. The Kier molecular flexibility index (Phi) is 7.13. The Bertz CT molecular complexity index is 1320. The highest BCUT2D eigenvalue weighted by Gasteiger charge is 2.43. The van der Waals surface area contributed by atoms with Gasteiger partial charge in [0.15, 0.2) is 27.3 Å². The summed E-state index contributed by atoms with van der Waals surface area (Å²) < 4.78 is 100. The molecule has 7 nitrogen and oxygen atoms in total. The third-order valence-electron chi connectivity index (χ3n) is 4.37. The second-order valence-corrected chi connectivity index (χ2v) is 7.86. The van der Waals surface area contributed by atoms with Crippen LogP contribution in [0.1, 0.15) is 25.1 Å². The van der Waals surface area contributed by atoms with Gasteiger partial charge >= 0.3 is 18.4 Å². The number of aromatic amines is 1. The first kappa shape index (κ1) is 26.4. The number of ether oxygens (including phenoxy) is 1. The molecule has 0 aliphatic rings. The smallest absolute Gasteiger partial charge is 0.405 e. The van der Waals surface area contributed by atoms with Gasteiger partial charge in [-0.15, -0.1) is 0 Å². The average molecular weight is 544 g/mol. The van der Waals surface area contributed by atoms with Crippen LogP contribution in [0.25, 0.3) is 5.82 Å². The molecule has 0 aliphatic carbocycles. The minimum atomic E-state index is -5.40. The molecule has 0 atom stereocenters. The van der Waals surface area contributed by atoms with Gasteiger partial charge in [-0.3, -0.25) is 9.47 Å². The molecule has 0 saturated carbocycles. The van der Waals surface area contributed by atoms with E-state index in [4.69, 9.17) is 28.6 Å². The third kappa shape index (κ3) is 5.56. The molecule has 16 heteroatoms. The van der Waals surface area contributed by atoms with Crippen LogP contribution in [0.2, 0.25) is 5.15 Å². The molecule has 0 saturated heterocycles. The van der Waals surface area contributed by atoms with Crippen LogP contribution in [0.4, 0.5) is 41.3 Å². The zero-order valence-corrected chi connectivity index (χ0v) is 19.1. The van der Waals surface area contributed by atoms with E-state index < -0.39 is 58.3 Å². The number of alkyl halides is 6. The first-order chi connectivity index (χ1) is 16.1. The maximum absolute atomic E-state index is 13.9. The molecule has 35 heavy (non-hydrogen) atoms. The van der Waals surface area contributed by atoms with E-state index in [2.05, 4.69) is 15.0 Å². The fourth-order valence-electron chi connectivity index (χ4n) is 2.87. The van der Waals surface area contributed by atoms with Crippen molar-refractivity contribution in [3.05, 3.63) is 57.6 Å². The Morgan fingerprint density at radius 3 is 2.31 bits per heavy atom. The highest BCUT2D eigenvalue weighted by atomic mass is 35.5. The Hall–Kier alpha value is -3.20. The summed E-state index contributed by atoms with van der Waals surface area (Å²) in [6.07, 6.45) is -10.0. The van der Waals surface area contributed by atoms with Crippen molar-refractivity contribution in [1.29, 1.82) is 0 Å². The van der Waals surface area contributed by atoms with Crippen molar-refractivity contribution in [3.63, 3.8) is 0 Å². The van der Waals surface area contributed by atoms with Gasteiger partial charge in [-0.1, -0.05) is 11.6 Å². The van der Waals surface area contributed by atoms with Gasteiger partial charge in [0.2, 0.25) is 0 Å². The molecular weight excluding hydrogens is 531 g/mol. The molecule has 3 heterocycles. The fourth-order valence-corrected chi connectivity index (χ4v) is 3.24. The van der Waals surface area contributed by atoms with Crippen molar-refractivity contribution in [2.45, 2.75) is 32.2 Å². The number of imidazole rings is 1. The van der Waals surface area contributed by atoms with E-state index in [0.717, 1.165) is 29.4 Å². The van der Waals surface area contributed by atoms with Crippen molar-refractivity contribution in [1.82, 2.24) is 19.5 Å². The van der Waals surface area contributed by atoms with E-state index in [1.165, 1.54) is 13.8 Å². The fraction of sp³-hybridized carbons (Fsp3) is 0.263. The van der Waals surface area contributed by atoms with Crippen LogP contribution in [0.3, 0.4) is 0 Å². The maximum Gasteiger partial charge on any atom is 0.433 e. The summed E-state index contributed by atoms with van der Waals surface area (Å²) >= 11 is 10.5. The van der Waals surface area contributed by atoms with Crippen molar-refractivity contribution in [2.24, 2.45) is 0 Å². The minimum absolute atomic E-state index is 0.283. The van der Waals surface area contributed by atoms with Gasteiger partial charge in [0, 0.05) is 18.4 Å². The van der Waals surface area contributed by atoms with E-state index in [9.17, 15) is 35.5 Å². The number of rotatable bonds is 4. The zero-order valence-electron chi connectivity index (χ0n) is 17.5. The van der Waals surface area contributed by atoms with E-state index in [1.807, 2.05) is 0 Å². The number of aromatic nitrogens is 4. The number of hydrogen-bond donors (Lipinski definition) is 1. The number of carbonyl (C=O) groups excluding carboxylic acids is 1. The maximum atomic E-state index is 13.9. The van der Waals surface area contributed by atoms with Gasteiger partial charge in [-0.05, 0) is 44.3 Å². The second-order valence-electron chi connectivity index (χ2n) is 7.11. The molecule has 3 aromatic rings. The number of pyridine rings is 2. The third-order valence-corrected chi connectivity index (χ3v) is 4.95. The summed E-state index contributed by atoms with van der Waals surface area (Å²) in [6, 6.07) is 0.779. The minimum Gasteiger partial charge on any atom is -0.405 e. The zero-order chi connectivity index (χ0) is 26.3. The Labute approximate surface area is 202 Å². The summed E-state index contributed by atoms with van der Waals surface area (Å²) in [5.41, 5.74) is -3.82. The number of amides is 1. The molecule has 3 aromatic heterocycles. The van der Waals surface area contributed by atoms with Crippen LogP contribution in [0.15, 0.2) is 30.6 Å². The lowest BCUT2D eigenvalue weighted by molar-refractivity contribution is -0.146. The van der Waals surface area contributed by atoms with Crippen molar-refractivity contribution < 1.29 is 40.3 Å². The topological polar surface area (TPSA) is 76.0 Å². The molecule has 0 fully saturated rings. The van der Waals surface area contributed by atoms with Crippen LogP contribution >= 0.6 is 23.8 Å². The summed E-state index contributed by atoms with van der Waals surface area (Å²) in [5.74, 6) is -3.60. The van der Waals surface area contributed by atoms with Crippen molar-refractivity contribution in [2.75, 3.05) is 4.90 Å². The lowest BCUT2D eigenvalue weighted by atomic mass is 10.1. The molecule has 0 radical (unpaired) electrons. The van der Waals surface area contributed by atoms with Gasteiger partial charge in [-0.2, -0.15) is 26.3 Å². The predicted octanol–water partition coefficient (Wildman–Crippen LogP) is 6.57. The monoisotopic (exact) mass is 543 g/mol. The van der Waals surface area contributed by atoms with Gasteiger partial charge in [-0.25, -0.2) is 19.2 Å². The standard InChI is InChI=1S/C19H13ClF7N5O2S/c1-8(2)32(12-4-3-10(21)14(20)30-12)17(33)34-13-9(18(22,23)24)7-11(19(25,26)27)29-15(13)31-6-5-28-16(31)35/h3-8H,1-2H3,(H,28,35). The highest BCUT2D eigenvalue weighted by molar-refractivity contribution is 7.71. The van der Waals surface area contributed by atoms with Crippen molar-refractivity contribution in [3.8, 4) is 11.6 Å². The summed E-state index contributed by atoms with van der Waals surface area (Å²) in [6.45, 7) is 2.86. The van der Waals surface area contributed by atoms with E-state index in [0.29, 0.717) is 4.57 Å². The molecule has 0 aliphatic heterocycles. The molecule has 1 amide bonds. The van der Waals surface area contributed by atoms with Crippen LogP contribution in [0.5, 0.6) is 5.75 Å². The van der Waals surface area contributed by atoms with Gasteiger partial charge in [0.1, 0.15) is 17.1 Å². The first-order valence-electron chi connectivity index (χ1n) is 9.40. The summed E-state index contributed by atoms with van der Waals surface area (Å²) in [5, 5.41) is -0.632. The molecule has 188 valence electrons. The van der Waals surface area contributed by atoms with Crippen LogP contribution in [0, 0.1) is 10.6 Å². The Morgan fingerprint density at radius 1 is 1.17 bits per heavy atom. The lowest BCUT2D eigenvalue weighted by Crippen LogP contribution is -2.40. The molecule has 0 spiro atoms. The Balaban J connectivity index is 2.23. The van der Waals surface area contributed by atoms with E-state index >= 15 is 0 Å². The quantitative estimate of drug-likeness (QED) is 0.229. The molecule has 0 bridgehead atoms. The first-order valence-corrected chi connectivity index (χ1v) is 10.2. The number of hydrogen-bond acceptors (Lipinski definition) is 5. The van der Waals surface area contributed by atoms with Crippen LogP contribution in [-0.4, -0.2) is 31.7 Å². The lowest BCUT2D eigenvalue weighted by Gasteiger charge is -2.26.